The summed E-state index contributed by atoms with van der Waals surface area (Å²) in [6.45, 7) is 1.89. The normalized spacial score (nSPS) is 13.2. The highest BCUT2D eigenvalue weighted by molar-refractivity contribution is 14.1. The molecule has 0 radical (unpaired) electrons. The molecule has 126 valence electrons. The molecule has 1 unspecified atom stereocenters. The van der Waals surface area contributed by atoms with E-state index >= 15 is 0 Å². The summed E-state index contributed by atoms with van der Waals surface area (Å²) in [5, 5.41) is 16.8. The lowest BCUT2D eigenvalue weighted by molar-refractivity contribution is 0.0917. The van der Waals surface area contributed by atoms with Crippen molar-refractivity contribution in [3.8, 4) is 6.07 Å². The molecule has 3 rings (SSSR count). The van der Waals surface area contributed by atoms with Crippen LogP contribution in [0.4, 0.5) is 0 Å². The van der Waals surface area contributed by atoms with Gasteiger partial charge in [-0.2, -0.15) is 10.4 Å². The van der Waals surface area contributed by atoms with Crippen LogP contribution in [0.25, 0.3) is 11.0 Å². The van der Waals surface area contributed by atoms with Crippen LogP contribution < -0.4 is 5.32 Å². The molecular formula is C17H13BrIN5O. The van der Waals surface area contributed by atoms with Gasteiger partial charge in [0.05, 0.1) is 18.8 Å². The van der Waals surface area contributed by atoms with E-state index in [-0.39, 0.29) is 12.5 Å². The molecule has 1 amide bonds. The van der Waals surface area contributed by atoms with Crippen LogP contribution in [0, 0.1) is 14.9 Å². The number of benzene rings is 1. The molecule has 1 atom stereocenters. The average molecular weight is 510 g/mol. The maximum absolute atomic E-state index is 12.4. The molecule has 0 aliphatic heterocycles. The van der Waals surface area contributed by atoms with Gasteiger partial charge < -0.3 is 5.32 Å². The van der Waals surface area contributed by atoms with E-state index in [2.05, 4.69) is 60.0 Å². The molecule has 2 heterocycles. The Morgan fingerprint density at radius 1 is 1.40 bits per heavy atom. The van der Waals surface area contributed by atoms with Crippen molar-refractivity contribution in [3.05, 3.63) is 56.3 Å². The van der Waals surface area contributed by atoms with Gasteiger partial charge in [-0.3, -0.25) is 14.5 Å². The molecule has 0 fully saturated rings. The van der Waals surface area contributed by atoms with E-state index in [1.54, 1.807) is 36.1 Å². The van der Waals surface area contributed by atoms with Crippen LogP contribution in [0.2, 0.25) is 0 Å². The third-order valence-electron chi connectivity index (χ3n) is 3.59. The topological polar surface area (TPSA) is 83.6 Å². The van der Waals surface area contributed by atoms with Gasteiger partial charge in [0.1, 0.15) is 16.6 Å². The SMILES string of the molecule is CC(C#N)(Cn1cc2ncc(Br)cc2n1)NC(=O)c1ccc(I)cc1. The Morgan fingerprint density at radius 3 is 2.80 bits per heavy atom. The molecule has 8 heteroatoms. The van der Waals surface area contributed by atoms with E-state index in [1.807, 2.05) is 18.2 Å². The zero-order chi connectivity index (χ0) is 18.0. The highest BCUT2D eigenvalue weighted by atomic mass is 127. The first-order valence-electron chi connectivity index (χ1n) is 7.37. The monoisotopic (exact) mass is 509 g/mol. The van der Waals surface area contributed by atoms with E-state index in [1.165, 1.54) is 0 Å². The van der Waals surface area contributed by atoms with Crippen molar-refractivity contribution in [2.75, 3.05) is 0 Å². The van der Waals surface area contributed by atoms with Crippen LogP contribution in [0.5, 0.6) is 0 Å². The number of nitriles is 1. The summed E-state index contributed by atoms with van der Waals surface area (Å²) in [6, 6.07) is 11.2. The van der Waals surface area contributed by atoms with E-state index in [0.29, 0.717) is 5.56 Å². The van der Waals surface area contributed by atoms with E-state index in [4.69, 9.17) is 0 Å². The summed E-state index contributed by atoms with van der Waals surface area (Å²) in [4.78, 5) is 16.7. The number of carbonyl (C=O) groups is 1. The van der Waals surface area contributed by atoms with E-state index in [9.17, 15) is 10.1 Å². The summed E-state index contributed by atoms with van der Waals surface area (Å²) in [7, 11) is 0. The Labute approximate surface area is 166 Å². The smallest absolute Gasteiger partial charge is 0.252 e. The van der Waals surface area contributed by atoms with Crippen LogP contribution in [-0.4, -0.2) is 26.2 Å². The van der Waals surface area contributed by atoms with Crippen LogP contribution in [0.3, 0.4) is 0 Å². The van der Waals surface area contributed by atoms with Gasteiger partial charge >= 0.3 is 0 Å². The second-order valence-corrected chi connectivity index (χ2v) is 7.95. The Morgan fingerprint density at radius 2 is 2.12 bits per heavy atom. The Hall–Kier alpha value is -1.99. The van der Waals surface area contributed by atoms with Crippen molar-refractivity contribution in [3.63, 3.8) is 0 Å². The minimum atomic E-state index is -1.10. The molecule has 0 bridgehead atoms. The van der Waals surface area contributed by atoms with Crippen molar-refractivity contribution < 1.29 is 4.79 Å². The minimum absolute atomic E-state index is 0.216. The molecule has 0 saturated heterocycles. The predicted molar refractivity (Wildman–Crippen MR) is 106 cm³/mol. The van der Waals surface area contributed by atoms with E-state index < -0.39 is 5.54 Å². The number of fused-ring (bicyclic) bond motifs is 1. The second kappa shape index (κ2) is 7.09. The largest absolute Gasteiger partial charge is 0.332 e. The highest BCUT2D eigenvalue weighted by Gasteiger charge is 2.28. The van der Waals surface area contributed by atoms with Crippen molar-refractivity contribution in [2.45, 2.75) is 19.0 Å². The molecule has 0 spiro atoms. The van der Waals surface area contributed by atoms with Crippen molar-refractivity contribution in [1.29, 1.82) is 5.26 Å². The summed E-state index contributed by atoms with van der Waals surface area (Å²) in [6.07, 6.45) is 3.45. The fourth-order valence-electron chi connectivity index (χ4n) is 2.36. The van der Waals surface area contributed by atoms with Crippen molar-refractivity contribution >= 4 is 55.5 Å². The van der Waals surface area contributed by atoms with Crippen molar-refractivity contribution in [1.82, 2.24) is 20.1 Å². The zero-order valence-corrected chi connectivity index (χ0v) is 16.9. The maximum atomic E-state index is 12.4. The van der Waals surface area contributed by atoms with Gasteiger partial charge in [0.15, 0.2) is 0 Å². The molecule has 0 saturated carbocycles. The lowest BCUT2D eigenvalue weighted by atomic mass is 10.0. The highest BCUT2D eigenvalue weighted by Crippen LogP contribution is 2.17. The number of aromatic nitrogens is 3. The van der Waals surface area contributed by atoms with E-state index in [0.717, 1.165) is 19.1 Å². The zero-order valence-electron chi connectivity index (χ0n) is 13.2. The van der Waals surface area contributed by atoms with Gasteiger partial charge in [0, 0.05) is 19.8 Å². The number of pyridine rings is 1. The molecular weight excluding hydrogens is 497 g/mol. The summed E-state index contributed by atoms with van der Waals surface area (Å²) in [5.74, 6) is -0.293. The molecule has 0 aliphatic rings. The van der Waals surface area contributed by atoms with Gasteiger partial charge in [-0.05, 0) is 75.8 Å². The lowest BCUT2D eigenvalue weighted by Gasteiger charge is -2.23. The first kappa shape index (κ1) is 17.8. The second-order valence-electron chi connectivity index (χ2n) is 5.79. The van der Waals surface area contributed by atoms with Gasteiger partial charge in [-0.15, -0.1) is 0 Å². The molecule has 0 aliphatic carbocycles. The van der Waals surface area contributed by atoms with Crippen LogP contribution in [0.1, 0.15) is 17.3 Å². The quantitative estimate of drug-likeness (QED) is 0.545. The molecule has 25 heavy (non-hydrogen) atoms. The van der Waals surface area contributed by atoms with Gasteiger partial charge in [-0.1, -0.05) is 0 Å². The molecule has 1 N–H and O–H groups in total. The van der Waals surface area contributed by atoms with Crippen LogP contribution >= 0.6 is 38.5 Å². The van der Waals surface area contributed by atoms with Crippen molar-refractivity contribution in [2.24, 2.45) is 0 Å². The van der Waals surface area contributed by atoms with Crippen LogP contribution in [0.15, 0.2) is 47.2 Å². The predicted octanol–water partition coefficient (Wildman–Crippen LogP) is 3.51. The average Bonchev–Trinajstić information content (AvgIpc) is 2.96. The fraction of sp³-hybridized carbons (Fsp3) is 0.176. The number of nitrogens with one attached hydrogen (secondary N) is 1. The number of hydrogen-bond acceptors (Lipinski definition) is 4. The number of carbonyl (C=O) groups excluding carboxylic acids is 1. The Balaban J connectivity index is 1.80. The fourth-order valence-corrected chi connectivity index (χ4v) is 3.04. The first-order valence-corrected chi connectivity index (χ1v) is 9.24. The molecule has 6 nitrogen and oxygen atoms in total. The number of halogens is 2. The lowest BCUT2D eigenvalue weighted by Crippen LogP contribution is -2.48. The number of hydrogen-bond donors (Lipinski definition) is 1. The summed E-state index contributed by atoms with van der Waals surface area (Å²) < 4.78 is 3.50. The maximum Gasteiger partial charge on any atom is 0.252 e. The standard InChI is InChI=1S/C17H13BrIN5O/c1-17(9-20,22-16(25)11-2-4-13(19)5-3-11)10-24-8-15-14(23-24)6-12(18)7-21-15/h2-8H,10H2,1H3,(H,22,25). The third-order valence-corrected chi connectivity index (χ3v) is 4.75. The molecule has 1 aromatic carbocycles. The van der Waals surface area contributed by atoms with Gasteiger partial charge in [0.2, 0.25) is 0 Å². The summed E-state index contributed by atoms with van der Waals surface area (Å²) in [5.41, 5.74) is 0.864. The van der Waals surface area contributed by atoms with Gasteiger partial charge in [0.25, 0.3) is 5.91 Å². The Bertz CT molecular complexity index is 979. The minimum Gasteiger partial charge on any atom is -0.332 e. The third kappa shape index (κ3) is 4.16. The Kier molecular flexibility index (Phi) is 5.06. The number of nitrogens with zero attached hydrogens (tertiary/aromatic N) is 4. The van der Waals surface area contributed by atoms with Crippen LogP contribution in [-0.2, 0) is 6.54 Å². The number of amides is 1. The molecule has 2 aromatic heterocycles. The first-order chi connectivity index (χ1) is 11.9. The van der Waals surface area contributed by atoms with Gasteiger partial charge in [-0.25, -0.2) is 0 Å². The summed E-state index contributed by atoms with van der Waals surface area (Å²) >= 11 is 5.53. The number of rotatable bonds is 4. The molecule has 3 aromatic rings.